The van der Waals surface area contributed by atoms with Crippen molar-refractivity contribution < 1.29 is 34.1 Å². The Morgan fingerprint density at radius 1 is 0.590 bits per heavy atom. The molecule has 0 atom stereocenters. The Balaban J connectivity index is 0.000000295. The summed E-state index contributed by atoms with van der Waals surface area (Å²) >= 11 is 0. The molecule has 39 heavy (non-hydrogen) atoms. The van der Waals surface area contributed by atoms with Crippen LogP contribution in [0.1, 0.15) is 33.4 Å². The molecule has 6 aromatic carbocycles. The molecule has 1 aliphatic carbocycles. The van der Waals surface area contributed by atoms with Crippen LogP contribution in [0.5, 0.6) is 0 Å². The average molecular weight is 582 g/mol. The van der Waals surface area contributed by atoms with Crippen molar-refractivity contribution in [2.75, 3.05) is 0 Å². The number of hydrogen-bond donors (Lipinski definition) is 0. The number of fused-ring (bicyclic) bond motifs is 3. The second kappa shape index (κ2) is 15.4. The SMILES string of the molecule is C(#C[c-]1cccc1)c1ccc2c(c1)Cc1cc(C#C[c-]3[cH-][cH-][cH-][cH-]3)ccc1-2.[Fe].[Fe].c1cc[cH-]c1.c1cc[cH-]c1. The largest absolute Gasteiger partial charge is 0.759 e. The van der Waals surface area contributed by atoms with Crippen molar-refractivity contribution in [1.29, 1.82) is 0 Å². The molecule has 0 unspecified atom stereocenters. The second-order valence-electron chi connectivity index (χ2n) is 8.69. The molecule has 2 heteroatoms. The number of hydrogen-bond acceptors (Lipinski definition) is 0. The average Bonchev–Trinajstić information content (AvgIpc) is 3.79. The predicted octanol–water partition coefficient (Wildman–Crippen LogP) is 8.30. The quantitative estimate of drug-likeness (QED) is 0.0959. The smallest absolute Gasteiger partial charge is 0 e. The summed E-state index contributed by atoms with van der Waals surface area (Å²) in [5.41, 5.74) is 9.59. The van der Waals surface area contributed by atoms with E-state index in [1.807, 2.05) is 109 Å². The number of rotatable bonds is 0. The van der Waals surface area contributed by atoms with Crippen LogP contribution in [0.2, 0.25) is 0 Å². The van der Waals surface area contributed by atoms with Gasteiger partial charge in [0.1, 0.15) is 0 Å². The van der Waals surface area contributed by atoms with Crippen LogP contribution in [0, 0.1) is 23.7 Å². The summed E-state index contributed by atoms with van der Waals surface area (Å²) in [4.78, 5) is 0. The fraction of sp³-hybridized carbons (Fsp3) is 0.0270. The molecule has 0 fully saturated rings. The van der Waals surface area contributed by atoms with E-state index in [1.165, 1.54) is 22.3 Å². The van der Waals surface area contributed by atoms with Gasteiger partial charge in [0, 0.05) is 34.1 Å². The molecule has 6 aromatic rings. The van der Waals surface area contributed by atoms with Crippen molar-refractivity contribution >= 4 is 0 Å². The van der Waals surface area contributed by atoms with Crippen LogP contribution in [0.4, 0.5) is 0 Å². The molecular formula is C37H26Fe2-8. The fourth-order valence-electron chi connectivity index (χ4n) is 4.21. The Hall–Kier alpha value is -4.00. The zero-order valence-corrected chi connectivity index (χ0v) is 23.5. The molecule has 0 radical (unpaired) electrons. The van der Waals surface area contributed by atoms with Crippen LogP contribution in [0.15, 0.2) is 146 Å². The topological polar surface area (TPSA) is 0 Å². The number of benzene rings is 2. The van der Waals surface area contributed by atoms with Crippen LogP contribution in [0.3, 0.4) is 0 Å². The van der Waals surface area contributed by atoms with Crippen molar-refractivity contribution in [1.82, 2.24) is 0 Å². The molecule has 0 bridgehead atoms. The van der Waals surface area contributed by atoms with Crippen molar-refractivity contribution in [3.05, 3.63) is 179 Å². The zero-order valence-electron chi connectivity index (χ0n) is 21.3. The third-order valence-electron chi connectivity index (χ3n) is 6.02. The molecular weight excluding hydrogens is 556 g/mol. The van der Waals surface area contributed by atoms with E-state index in [0.29, 0.717) is 0 Å². The van der Waals surface area contributed by atoms with Gasteiger partial charge in [0.15, 0.2) is 0 Å². The molecule has 198 valence electrons. The van der Waals surface area contributed by atoms with Crippen molar-refractivity contribution in [3.8, 4) is 34.8 Å². The summed E-state index contributed by atoms with van der Waals surface area (Å²) in [5.74, 6) is 13.0. The van der Waals surface area contributed by atoms with E-state index in [4.69, 9.17) is 0 Å². The van der Waals surface area contributed by atoms with Gasteiger partial charge in [0.05, 0.1) is 0 Å². The van der Waals surface area contributed by atoms with E-state index in [-0.39, 0.29) is 34.1 Å². The standard InChI is InChI=1S/C27H16.2C5H5.2Fe/c1-2-6-20(5-1)9-11-22-13-15-26-24(17-22)19-25-18-23(14-16-27(25)26)12-10-21-7-3-4-8-21;2*1-2-4-5-3-1;;/h1-8,13-18H,19H2;2*1-5H;;/q-6;2*-1;;. The summed E-state index contributed by atoms with van der Waals surface area (Å²) in [6.45, 7) is 0. The van der Waals surface area contributed by atoms with E-state index >= 15 is 0 Å². The van der Waals surface area contributed by atoms with E-state index in [0.717, 1.165) is 28.7 Å². The third-order valence-corrected chi connectivity index (χ3v) is 6.02. The van der Waals surface area contributed by atoms with Gasteiger partial charge in [-0.05, 0) is 34.2 Å². The molecule has 0 saturated heterocycles. The summed E-state index contributed by atoms with van der Waals surface area (Å²) in [6.07, 6.45) is 0.947. The Bertz CT molecular complexity index is 1460. The van der Waals surface area contributed by atoms with Crippen LogP contribution >= 0.6 is 0 Å². The summed E-state index contributed by atoms with van der Waals surface area (Å²) in [7, 11) is 0. The van der Waals surface area contributed by atoms with E-state index in [1.54, 1.807) is 0 Å². The molecule has 0 spiro atoms. The molecule has 0 heterocycles. The van der Waals surface area contributed by atoms with Crippen molar-refractivity contribution in [3.63, 3.8) is 0 Å². The minimum atomic E-state index is 0. The van der Waals surface area contributed by atoms with E-state index < -0.39 is 0 Å². The first-order chi connectivity index (χ1) is 18.3. The first-order valence-corrected chi connectivity index (χ1v) is 12.4. The normalized spacial score (nSPS) is 9.64. The molecule has 0 nitrogen and oxygen atoms in total. The van der Waals surface area contributed by atoms with Gasteiger partial charge < -0.3 is 41.7 Å². The van der Waals surface area contributed by atoms with Crippen LogP contribution in [-0.2, 0) is 40.6 Å². The van der Waals surface area contributed by atoms with Gasteiger partial charge in [-0.15, -0.1) is 12.1 Å². The van der Waals surface area contributed by atoms with Crippen molar-refractivity contribution in [2.45, 2.75) is 6.42 Å². The van der Waals surface area contributed by atoms with Crippen LogP contribution < -0.4 is 0 Å². The minimum Gasteiger partial charge on any atom is -0.759 e. The third kappa shape index (κ3) is 8.50. The molecule has 0 saturated carbocycles. The predicted molar refractivity (Wildman–Crippen MR) is 155 cm³/mol. The molecule has 0 N–H and O–H groups in total. The molecule has 0 aromatic heterocycles. The van der Waals surface area contributed by atoms with Crippen molar-refractivity contribution in [2.24, 2.45) is 0 Å². The maximum atomic E-state index is 3.28. The van der Waals surface area contributed by atoms with Gasteiger partial charge in [0.2, 0.25) is 0 Å². The molecule has 1 aliphatic rings. The van der Waals surface area contributed by atoms with Gasteiger partial charge in [-0.25, -0.2) is 24.3 Å². The minimum absolute atomic E-state index is 0. The van der Waals surface area contributed by atoms with Gasteiger partial charge in [-0.2, -0.15) is 65.9 Å². The summed E-state index contributed by atoms with van der Waals surface area (Å²) in [5, 5.41) is 0. The second-order valence-corrected chi connectivity index (χ2v) is 8.69. The maximum Gasteiger partial charge on any atom is 0 e. The van der Waals surface area contributed by atoms with E-state index in [2.05, 4.69) is 60.1 Å². The maximum absolute atomic E-state index is 3.28. The first kappa shape index (κ1) is 29.6. The molecule has 0 amide bonds. The van der Waals surface area contributed by atoms with Gasteiger partial charge >= 0.3 is 0 Å². The molecule has 0 aliphatic heterocycles. The fourth-order valence-corrected chi connectivity index (χ4v) is 4.21. The van der Waals surface area contributed by atoms with Gasteiger partial charge in [-0.3, -0.25) is 0 Å². The zero-order chi connectivity index (χ0) is 25.1. The van der Waals surface area contributed by atoms with Gasteiger partial charge in [0.25, 0.3) is 0 Å². The summed E-state index contributed by atoms with van der Waals surface area (Å²) < 4.78 is 0. The first-order valence-electron chi connectivity index (χ1n) is 12.4. The van der Waals surface area contributed by atoms with Crippen LogP contribution in [0.25, 0.3) is 11.1 Å². The summed E-state index contributed by atoms with van der Waals surface area (Å²) in [6, 6.07) is 49.3. The monoisotopic (exact) mass is 582 g/mol. The Kier molecular flexibility index (Phi) is 11.7. The Labute approximate surface area is 253 Å². The van der Waals surface area contributed by atoms with Gasteiger partial charge in [-0.1, -0.05) is 42.0 Å². The Morgan fingerprint density at radius 3 is 1.54 bits per heavy atom. The van der Waals surface area contributed by atoms with E-state index in [9.17, 15) is 0 Å². The molecule has 7 rings (SSSR count). The van der Waals surface area contributed by atoms with Crippen LogP contribution in [-0.4, -0.2) is 0 Å². The Morgan fingerprint density at radius 2 is 1.08 bits per heavy atom.